The molecule has 0 N–H and O–H groups in total. The zero-order chi connectivity index (χ0) is 12.3. The molecule has 4 heteroatoms. The van der Waals surface area contributed by atoms with E-state index in [0.29, 0.717) is 18.5 Å². The summed E-state index contributed by atoms with van der Waals surface area (Å²) in [5.41, 5.74) is 0.696. The minimum Gasteiger partial charge on any atom is -0.344 e. The molecule has 0 spiro atoms. The van der Waals surface area contributed by atoms with Crippen LogP contribution in [0.15, 0.2) is 18.5 Å². The fourth-order valence-electron chi connectivity index (χ4n) is 2.13. The van der Waals surface area contributed by atoms with Gasteiger partial charge < -0.3 is 9.47 Å². The molecule has 17 heavy (non-hydrogen) atoms. The number of carbonyl (C=O) groups excluding carboxylic acids is 2. The molecule has 1 aromatic rings. The second kappa shape index (κ2) is 5.17. The Morgan fingerprint density at radius 3 is 2.65 bits per heavy atom. The summed E-state index contributed by atoms with van der Waals surface area (Å²) in [5, 5.41) is 0. The number of ketones is 1. The number of aromatic nitrogens is 1. The van der Waals surface area contributed by atoms with E-state index in [-0.39, 0.29) is 11.7 Å². The molecule has 0 aliphatic carbocycles. The molecule has 1 saturated heterocycles. The molecule has 0 atom stereocenters. The molecule has 4 nitrogen and oxygen atoms in total. The van der Waals surface area contributed by atoms with Crippen LogP contribution in [0.3, 0.4) is 0 Å². The number of Topliss-reactive ketones (excluding diaryl/α,β-unsaturated/α-hetero) is 1. The minimum atomic E-state index is 0.123. The van der Waals surface area contributed by atoms with E-state index in [9.17, 15) is 9.59 Å². The van der Waals surface area contributed by atoms with Gasteiger partial charge in [0.05, 0.1) is 0 Å². The maximum atomic E-state index is 11.9. The zero-order valence-corrected chi connectivity index (χ0v) is 10.2. The molecule has 92 valence electrons. The van der Waals surface area contributed by atoms with Crippen LogP contribution in [0.5, 0.6) is 0 Å². The van der Waals surface area contributed by atoms with Crippen molar-refractivity contribution in [1.82, 2.24) is 9.47 Å². The van der Waals surface area contributed by atoms with E-state index in [1.165, 1.54) is 0 Å². The van der Waals surface area contributed by atoms with Crippen molar-refractivity contribution in [3.63, 3.8) is 0 Å². The molecule has 1 aliphatic heterocycles. The second-order valence-corrected chi connectivity index (χ2v) is 4.44. The van der Waals surface area contributed by atoms with Gasteiger partial charge in [0.2, 0.25) is 5.91 Å². The summed E-state index contributed by atoms with van der Waals surface area (Å²) in [6, 6.07) is 1.78. The van der Waals surface area contributed by atoms with Crippen LogP contribution in [0.2, 0.25) is 0 Å². The van der Waals surface area contributed by atoms with Gasteiger partial charge in [0.1, 0.15) is 6.54 Å². The van der Waals surface area contributed by atoms with Gasteiger partial charge in [-0.25, -0.2) is 0 Å². The third kappa shape index (κ3) is 2.75. The number of carbonyl (C=O) groups is 2. The SMILES string of the molecule is CCC(=O)c1ccn(CC(=O)N2CCCC2)c1. The molecule has 0 unspecified atom stereocenters. The highest BCUT2D eigenvalue weighted by molar-refractivity contribution is 5.95. The van der Waals surface area contributed by atoms with Crippen molar-refractivity contribution >= 4 is 11.7 Å². The maximum absolute atomic E-state index is 11.9. The summed E-state index contributed by atoms with van der Waals surface area (Å²) in [5.74, 6) is 0.269. The maximum Gasteiger partial charge on any atom is 0.242 e. The number of nitrogens with zero attached hydrogens (tertiary/aromatic N) is 2. The number of likely N-dealkylation sites (tertiary alicyclic amines) is 1. The van der Waals surface area contributed by atoms with Crippen molar-refractivity contribution in [3.05, 3.63) is 24.0 Å². The molecule has 1 fully saturated rings. The lowest BCUT2D eigenvalue weighted by atomic mass is 10.2. The molecule has 2 heterocycles. The van der Waals surface area contributed by atoms with Crippen LogP contribution in [-0.2, 0) is 11.3 Å². The monoisotopic (exact) mass is 234 g/mol. The Labute approximate surface area is 101 Å². The summed E-state index contributed by atoms with van der Waals surface area (Å²) in [6.45, 7) is 3.94. The van der Waals surface area contributed by atoms with Gasteiger partial charge in [-0.1, -0.05) is 6.92 Å². The molecular weight excluding hydrogens is 216 g/mol. The van der Waals surface area contributed by atoms with Gasteiger partial charge >= 0.3 is 0 Å². The summed E-state index contributed by atoms with van der Waals surface area (Å²) in [6.07, 6.45) is 6.29. The van der Waals surface area contributed by atoms with Gasteiger partial charge in [-0.15, -0.1) is 0 Å². The normalized spacial score (nSPS) is 15.2. The highest BCUT2D eigenvalue weighted by atomic mass is 16.2. The smallest absolute Gasteiger partial charge is 0.242 e. The Morgan fingerprint density at radius 1 is 1.29 bits per heavy atom. The van der Waals surface area contributed by atoms with E-state index in [2.05, 4.69) is 0 Å². The van der Waals surface area contributed by atoms with Crippen LogP contribution < -0.4 is 0 Å². The van der Waals surface area contributed by atoms with Crippen molar-refractivity contribution in [3.8, 4) is 0 Å². The lowest BCUT2D eigenvalue weighted by molar-refractivity contribution is -0.130. The quantitative estimate of drug-likeness (QED) is 0.744. The van der Waals surface area contributed by atoms with Crippen molar-refractivity contribution in [1.29, 1.82) is 0 Å². The van der Waals surface area contributed by atoms with Gasteiger partial charge in [0.15, 0.2) is 5.78 Å². The summed E-state index contributed by atoms with van der Waals surface area (Å²) < 4.78 is 1.80. The van der Waals surface area contributed by atoms with E-state index in [1.807, 2.05) is 11.8 Å². The van der Waals surface area contributed by atoms with E-state index < -0.39 is 0 Å². The van der Waals surface area contributed by atoms with Crippen molar-refractivity contribution in [2.75, 3.05) is 13.1 Å². The Morgan fingerprint density at radius 2 is 2.00 bits per heavy atom. The number of amides is 1. The van der Waals surface area contributed by atoms with Crippen LogP contribution in [0.25, 0.3) is 0 Å². The Kier molecular flexibility index (Phi) is 3.61. The third-order valence-corrected chi connectivity index (χ3v) is 3.17. The first-order valence-corrected chi connectivity index (χ1v) is 6.17. The van der Waals surface area contributed by atoms with Crippen LogP contribution in [0, 0.1) is 0 Å². The predicted molar refractivity (Wildman–Crippen MR) is 64.9 cm³/mol. The summed E-state index contributed by atoms with van der Waals surface area (Å²) in [4.78, 5) is 25.2. The first-order chi connectivity index (χ1) is 8.20. The fraction of sp³-hybridized carbons (Fsp3) is 0.538. The first kappa shape index (κ1) is 11.9. The number of hydrogen-bond donors (Lipinski definition) is 0. The molecular formula is C13H18N2O2. The Balaban J connectivity index is 1.96. The standard InChI is InChI=1S/C13H18N2O2/c1-2-12(16)11-5-8-14(9-11)10-13(17)15-6-3-4-7-15/h5,8-9H,2-4,6-7,10H2,1H3. The molecule has 1 amide bonds. The molecule has 0 radical (unpaired) electrons. The first-order valence-electron chi connectivity index (χ1n) is 6.17. The molecule has 1 aliphatic rings. The van der Waals surface area contributed by atoms with E-state index in [4.69, 9.17) is 0 Å². The van der Waals surface area contributed by atoms with Crippen molar-refractivity contribution < 1.29 is 9.59 Å². The van der Waals surface area contributed by atoms with Gasteiger partial charge in [-0.05, 0) is 18.9 Å². The van der Waals surface area contributed by atoms with E-state index in [1.54, 1.807) is 23.0 Å². The van der Waals surface area contributed by atoms with Gasteiger partial charge in [-0.3, -0.25) is 9.59 Å². The fourth-order valence-corrected chi connectivity index (χ4v) is 2.13. The van der Waals surface area contributed by atoms with E-state index in [0.717, 1.165) is 25.9 Å². The third-order valence-electron chi connectivity index (χ3n) is 3.17. The summed E-state index contributed by atoms with van der Waals surface area (Å²) in [7, 11) is 0. The number of rotatable bonds is 4. The van der Waals surface area contributed by atoms with Gasteiger partial charge in [0.25, 0.3) is 0 Å². The molecule has 0 saturated carbocycles. The minimum absolute atomic E-state index is 0.123. The molecule has 0 aromatic carbocycles. The highest BCUT2D eigenvalue weighted by Gasteiger charge is 2.18. The van der Waals surface area contributed by atoms with Crippen LogP contribution in [-0.4, -0.2) is 34.2 Å². The molecule has 1 aromatic heterocycles. The summed E-state index contributed by atoms with van der Waals surface area (Å²) >= 11 is 0. The molecule has 2 rings (SSSR count). The Hall–Kier alpha value is -1.58. The average Bonchev–Trinajstić information content (AvgIpc) is 2.98. The topological polar surface area (TPSA) is 42.3 Å². The average molecular weight is 234 g/mol. The highest BCUT2D eigenvalue weighted by Crippen LogP contribution is 2.10. The van der Waals surface area contributed by atoms with Crippen molar-refractivity contribution in [2.45, 2.75) is 32.7 Å². The lowest BCUT2D eigenvalue weighted by Gasteiger charge is -2.15. The van der Waals surface area contributed by atoms with Crippen LogP contribution in [0.1, 0.15) is 36.5 Å². The van der Waals surface area contributed by atoms with Crippen LogP contribution in [0.4, 0.5) is 0 Å². The van der Waals surface area contributed by atoms with Crippen LogP contribution >= 0.6 is 0 Å². The zero-order valence-electron chi connectivity index (χ0n) is 10.2. The second-order valence-electron chi connectivity index (χ2n) is 4.44. The van der Waals surface area contributed by atoms with Gasteiger partial charge in [-0.2, -0.15) is 0 Å². The Bertz CT molecular complexity index is 417. The molecule has 0 bridgehead atoms. The van der Waals surface area contributed by atoms with E-state index >= 15 is 0 Å². The lowest BCUT2D eigenvalue weighted by Crippen LogP contribution is -2.30. The predicted octanol–water partition coefficient (Wildman–Crippen LogP) is 1.70. The largest absolute Gasteiger partial charge is 0.344 e. The van der Waals surface area contributed by atoms with Gasteiger partial charge in [0, 0.05) is 37.5 Å². The van der Waals surface area contributed by atoms with Crippen molar-refractivity contribution in [2.24, 2.45) is 0 Å². The number of hydrogen-bond acceptors (Lipinski definition) is 2.